The molecule has 0 saturated carbocycles. The van der Waals surface area contributed by atoms with Crippen LogP contribution in [0.25, 0.3) is 0 Å². The number of hydrogen-bond acceptors (Lipinski definition) is 6. The van der Waals surface area contributed by atoms with E-state index in [0.717, 1.165) is 45.8 Å². The van der Waals surface area contributed by atoms with Gasteiger partial charge in [-0.2, -0.15) is 0 Å². The molecule has 6 heteroatoms. The molecule has 3 unspecified atom stereocenters. The molecule has 0 bridgehead atoms. The molecule has 128 valence electrons. The Morgan fingerprint density at radius 2 is 1.50 bits per heavy atom. The van der Waals surface area contributed by atoms with E-state index in [1.165, 1.54) is 0 Å². The highest BCUT2D eigenvalue weighted by Crippen LogP contribution is 2.26. The summed E-state index contributed by atoms with van der Waals surface area (Å²) in [6.45, 7) is 9.43. The van der Waals surface area contributed by atoms with E-state index in [1.54, 1.807) is 0 Å². The minimum absolute atomic E-state index is 0.0212. The summed E-state index contributed by atoms with van der Waals surface area (Å²) in [5.41, 5.74) is 0.0212. The fourth-order valence-electron chi connectivity index (χ4n) is 2.73. The van der Waals surface area contributed by atoms with Crippen LogP contribution < -0.4 is 5.32 Å². The first kappa shape index (κ1) is 16.6. The average Bonchev–Trinajstić information content (AvgIpc) is 3.36. The number of nitrogens with one attached hydrogen (secondary N) is 1. The molecule has 3 aliphatic heterocycles. The summed E-state index contributed by atoms with van der Waals surface area (Å²) < 4.78 is 27.5. The van der Waals surface area contributed by atoms with Crippen molar-refractivity contribution in [2.45, 2.75) is 38.1 Å². The molecule has 0 radical (unpaired) electrons. The van der Waals surface area contributed by atoms with Crippen LogP contribution in [0.4, 0.5) is 0 Å². The molecule has 0 aromatic heterocycles. The second-order valence-electron chi connectivity index (χ2n) is 6.78. The Bertz CT molecular complexity index is 283. The highest BCUT2D eigenvalue weighted by molar-refractivity contribution is 4.84. The highest BCUT2D eigenvalue weighted by Gasteiger charge is 2.34. The minimum atomic E-state index is 0.0212. The SMILES string of the molecule is CCCC(CNCC1CO1)(COCC1CO1)COCC1CO1. The molecule has 0 amide bonds. The first-order valence-corrected chi connectivity index (χ1v) is 8.51. The van der Waals surface area contributed by atoms with Gasteiger partial charge in [0.25, 0.3) is 0 Å². The van der Waals surface area contributed by atoms with Gasteiger partial charge in [-0.15, -0.1) is 0 Å². The van der Waals surface area contributed by atoms with Crippen LogP contribution in [0.15, 0.2) is 0 Å². The van der Waals surface area contributed by atoms with Crippen LogP contribution in [-0.4, -0.2) is 77.6 Å². The molecular weight excluding hydrogens is 286 g/mol. The van der Waals surface area contributed by atoms with E-state index in [9.17, 15) is 0 Å². The van der Waals surface area contributed by atoms with Crippen molar-refractivity contribution in [1.29, 1.82) is 0 Å². The zero-order valence-corrected chi connectivity index (χ0v) is 13.6. The maximum absolute atomic E-state index is 5.91. The zero-order chi connectivity index (χ0) is 15.3. The van der Waals surface area contributed by atoms with Gasteiger partial charge in [0.2, 0.25) is 0 Å². The lowest BCUT2D eigenvalue weighted by Gasteiger charge is -2.33. The second-order valence-corrected chi connectivity index (χ2v) is 6.78. The monoisotopic (exact) mass is 315 g/mol. The average molecular weight is 315 g/mol. The molecule has 3 fully saturated rings. The van der Waals surface area contributed by atoms with Crippen LogP contribution in [0, 0.1) is 5.41 Å². The highest BCUT2D eigenvalue weighted by atomic mass is 16.6. The van der Waals surface area contributed by atoms with Crippen LogP contribution in [0.5, 0.6) is 0 Å². The van der Waals surface area contributed by atoms with Crippen molar-refractivity contribution in [3.05, 3.63) is 0 Å². The predicted molar refractivity (Wildman–Crippen MR) is 81.1 cm³/mol. The summed E-state index contributed by atoms with van der Waals surface area (Å²) >= 11 is 0. The quantitative estimate of drug-likeness (QED) is 0.473. The summed E-state index contributed by atoms with van der Waals surface area (Å²) in [6, 6.07) is 0. The number of ether oxygens (including phenoxy) is 5. The van der Waals surface area contributed by atoms with Crippen molar-refractivity contribution in [2.24, 2.45) is 5.41 Å². The van der Waals surface area contributed by atoms with Gasteiger partial charge in [0.1, 0.15) is 12.2 Å². The smallest absolute Gasteiger partial charge is 0.104 e. The largest absolute Gasteiger partial charge is 0.378 e. The molecule has 3 saturated heterocycles. The van der Waals surface area contributed by atoms with Crippen molar-refractivity contribution < 1.29 is 23.7 Å². The molecule has 3 aliphatic rings. The fraction of sp³-hybridized carbons (Fsp3) is 1.00. The van der Waals surface area contributed by atoms with Crippen LogP contribution in [0.1, 0.15) is 19.8 Å². The van der Waals surface area contributed by atoms with Crippen LogP contribution >= 0.6 is 0 Å². The zero-order valence-electron chi connectivity index (χ0n) is 13.6. The van der Waals surface area contributed by atoms with Gasteiger partial charge in [-0.05, 0) is 6.42 Å². The molecule has 0 spiro atoms. The maximum Gasteiger partial charge on any atom is 0.104 e. The Balaban J connectivity index is 1.45. The first-order chi connectivity index (χ1) is 10.8. The number of rotatable bonds is 14. The van der Waals surface area contributed by atoms with Crippen LogP contribution in [-0.2, 0) is 23.7 Å². The van der Waals surface area contributed by atoms with E-state index in [-0.39, 0.29) is 5.41 Å². The fourth-order valence-corrected chi connectivity index (χ4v) is 2.73. The van der Waals surface area contributed by atoms with Crippen LogP contribution in [0.2, 0.25) is 0 Å². The molecule has 3 rings (SSSR count). The molecule has 22 heavy (non-hydrogen) atoms. The number of epoxide rings is 3. The third-order valence-electron chi connectivity index (χ3n) is 4.28. The van der Waals surface area contributed by atoms with Crippen molar-refractivity contribution in [3.63, 3.8) is 0 Å². The van der Waals surface area contributed by atoms with E-state index in [2.05, 4.69) is 12.2 Å². The van der Waals surface area contributed by atoms with E-state index in [1.807, 2.05) is 0 Å². The molecule has 0 aromatic carbocycles. The Morgan fingerprint density at radius 1 is 0.955 bits per heavy atom. The molecular formula is C16H29NO5. The minimum Gasteiger partial charge on any atom is -0.378 e. The summed E-state index contributed by atoms with van der Waals surface area (Å²) in [7, 11) is 0. The van der Waals surface area contributed by atoms with Crippen molar-refractivity contribution in [1.82, 2.24) is 5.32 Å². The van der Waals surface area contributed by atoms with Gasteiger partial charge >= 0.3 is 0 Å². The lowest BCUT2D eigenvalue weighted by molar-refractivity contribution is -0.0329. The van der Waals surface area contributed by atoms with Gasteiger partial charge < -0.3 is 29.0 Å². The predicted octanol–water partition coefficient (Wildman–Crippen LogP) is 0.592. The van der Waals surface area contributed by atoms with Gasteiger partial charge in [0.05, 0.1) is 52.4 Å². The molecule has 3 atom stereocenters. The third kappa shape index (κ3) is 6.10. The molecule has 0 aromatic rings. The molecule has 3 heterocycles. The van der Waals surface area contributed by atoms with Gasteiger partial charge in [-0.3, -0.25) is 0 Å². The standard InChI is InChI=1S/C16H29NO5/c1-2-3-16(10-17-4-13-7-20-13,11-18-5-14-8-21-14)12-19-6-15-9-22-15/h13-15,17H,2-12H2,1H3. The topological polar surface area (TPSA) is 68.1 Å². The first-order valence-electron chi connectivity index (χ1n) is 8.51. The van der Waals surface area contributed by atoms with E-state index in [4.69, 9.17) is 23.7 Å². The summed E-state index contributed by atoms with van der Waals surface area (Å²) in [5, 5.41) is 3.53. The lowest BCUT2D eigenvalue weighted by atomic mass is 9.84. The summed E-state index contributed by atoms with van der Waals surface area (Å²) in [6.07, 6.45) is 3.23. The van der Waals surface area contributed by atoms with Crippen LogP contribution in [0.3, 0.4) is 0 Å². The molecule has 6 nitrogen and oxygen atoms in total. The van der Waals surface area contributed by atoms with E-state index < -0.39 is 0 Å². The number of hydrogen-bond donors (Lipinski definition) is 1. The van der Waals surface area contributed by atoms with E-state index >= 15 is 0 Å². The Kier molecular flexibility index (Phi) is 6.07. The third-order valence-corrected chi connectivity index (χ3v) is 4.28. The Labute approximate surface area is 132 Å². The van der Waals surface area contributed by atoms with Crippen molar-refractivity contribution in [3.8, 4) is 0 Å². The lowest BCUT2D eigenvalue weighted by Crippen LogP contribution is -2.43. The Morgan fingerprint density at radius 3 is 1.95 bits per heavy atom. The van der Waals surface area contributed by atoms with Gasteiger partial charge in [0, 0.05) is 18.5 Å². The molecule has 1 N–H and O–H groups in total. The van der Waals surface area contributed by atoms with Gasteiger partial charge in [-0.1, -0.05) is 13.3 Å². The molecule has 0 aliphatic carbocycles. The normalized spacial score (nSPS) is 31.8. The summed E-state index contributed by atoms with van der Waals surface area (Å²) in [4.78, 5) is 0. The van der Waals surface area contributed by atoms with Gasteiger partial charge in [-0.25, -0.2) is 0 Å². The van der Waals surface area contributed by atoms with E-state index in [0.29, 0.717) is 44.7 Å². The Hall–Kier alpha value is -0.240. The van der Waals surface area contributed by atoms with Gasteiger partial charge in [0.15, 0.2) is 0 Å². The van der Waals surface area contributed by atoms with Crippen molar-refractivity contribution in [2.75, 3.05) is 59.3 Å². The second kappa shape index (κ2) is 8.04. The maximum atomic E-state index is 5.91. The van der Waals surface area contributed by atoms with Crippen molar-refractivity contribution >= 4 is 0 Å². The summed E-state index contributed by atoms with van der Waals surface area (Å²) in [5.74, 6) is 0.